The van der Waals surface area contributed by atoms with Crippen molar-refractivity contribution < 1.29 is 4.52 Å². The van der Waals surface area contributed by atoms with Gasteiger partial charge in [-0.05, 0) is 37.1 Å². The number of nitrogens with one attached hydrogen (secondary N) is 1. The van der Waals surface area contributed by atoms with E-state index in [0.29, 0.717) is 34.7 Å². The van der Waals surface area contributed by atoms with Crippen LogP contribution in [0.4, 0.5) is 0 Å². The summed E-state index contributed by atoms with van der Waals surface area (Å²) in [5, 5.41) is 4.49. The lowest BCUT2D eigenvalue weighted by Crippen LogP contribution is -2.36. The molecule has 7 heteroatoms. The van der Waals surface area contributed by atoms with Gasteiger partial charge >= 0.3 is 5.69 Å². The minimum absolute atomic E-state index is 0.189. The van der Waals surface area contributed by atoms with E-state index in [0.717, 1.165) is 11.1 Å². The zero-order chi connectivity index (χ0) is 19.8. The van der Waals surface area contributed by atoms with Crippen LogP contribution in [0.1, 0.15) is 19.4 Å². The summed E-state index contributed by atoms with van der Waals surface area (Å²) < 4.78 is 6.63. The fraction of sp³-hybridized carbons (Fsp3) is 0.238. The molecule has 0 aliphatic heterocycles. The minimum Gasteiger partial charge on any atom is -0.334 e. The molecule has 28 heavy (non-hydrogen) atoms. The summed E-state index contributed by atoms with van der Waals surface area (Å²) in [6.07, 6.45) is 0. The predicted octanol–water partition coefficient (Wildman–Crippen LogP) is 3.37. The fourth-order valence-electron chi connectivity index (χ4n) is 3.16. The van der Waals surface area contributed by atoms with E-state index >= 15 is 0 Å². The maximum absolute atomic E-state index is 12.6. The van der Waals surface area contributed by atoms with Gasteiger partial charge in [0.25, 0.3) is 11.4 Å². The average molecular weight is 376 g/mol. The molecule has 0 spiro atoms. The highest BCUT2D eigenvalue weighted by molar-refractivity contribution is 5.82. The van der Waals surface area contributed by atoms with Crippen LogP contribution in [0, 0.1) is 12.8 Å². The van der Waals surface area contributed by atoms with E-state index < -0.39 is 5.69 Å². The second-order valence-electron chi connectivity index (χ2n) is 7.29. The molecular weight excluding hydrogens is 356 g/mol. The molecule has 0 bridgehead atoms. The number of H-pyrrole nitrogens is 1. The second-order valence-corrected chi connectivity index (χ2v) is 7.29. The molecule has 4 aromatic rings. The quantitative estimate of drug-likeness (QED) is 0.589. The molecule has 0 fully saturated rings. The van der Waals surface area contributed by atoms with Crippen LogP contribution in [0.15, 0.2) is 56.6 Å². The Morgan fingerprint density at radius 1 is 1.11 bits per heavy atom. The van der Waals surface area contributed by atoms with Gasteiger partial charge in [-0.1, -0.05) is 42.8 Å². The van der Waals surface area contributed by atoms with E-state index in [1.54, 1.807) is 18.2 Å². The Labute approximate surface area is 160 Å². The predicted molar refractivity (Wildman–Crippen MR) is 107 cm³/mol. The summed E-state index contributed by atoms with van der Waals surface area (Å²) in [4.78, 5) is 32.2. The average Bonchev–Trinajstić information content (AvgIpc) is 3.15. The van der Waals surface area contributed by atoms with Crippen LogP contribution >= 0.6 is 0 Å². The molecule has 0 saturated heterocycles. The molecule has 2 aromatic heterocycles. The van der Waals surface area contributed by atoms with Crippen molar-refractivity contribution in [3.05, 3.63) is 68.9 Å². The van der Waals surface area contributed by atoms with Crippen molar-refractivity contribution in [2.75, 3.05) is 0 Å². The molecule has 142 valence electrons. The SMILES string of the molecule is Cc1cccc(-c2noc(-c3ccc4c(=O)n(CC(C)C)c(=O)[nH]c4c3)n2)c1. The fourth-order valence-corrected chi connectivity index (χ4v) is 3.16. The van der Waals surface area contributed by atoms with Crippen LogP contribution in [0.2, 0.25) is 0 Å². The largest absolute Gasteiger partial charge is 0.334 e. The molecule has 0 unspecified atom stereocenters. The Morgan fingerprint density at radius 2 is 1.93 bits per heavy atom. The van der Waals surface area contributed by atoms with Gasteiger partial charge in [0, 0.05) is 17.7 Å². The molecule has 2 aromatic carbocycles. The maximum atomic E-state index is 12.6. The third-order valence-electron chi connectivity index (χ3n) is 4.48. The summed E-state index contributed by atoms with van der Waals surface area (Å²) in [5.74, 6) is 0.999. The smallest absolute Gasteiger partial charge is 0.328 e. The summed E-state index contributed by atoms with van der Waals surface area (Å²) >= 11 is 0. The lowest BCUT2D eigenvalue weighted by Gasteiger charge is -2.08. The number of benzene rings is 2. The van der Waals surface area contributed by atoms with Gasteiger partial charge in [0.1, 0.15) is 0 Å². The number of aromatic amines is 1. The molecule has 7 nitrogen and oxygen atoms in total. The van der Waals surface area contributed by atoms with E-state index in [1.165, 1.54) is 4.57 Å². The van der Waals surface area contributed by atoms with Gasteiger partial charge in [0.05, 0.1) is 10.9 Å². The molecule has 0 aliphatic carbocycles. The van der Waals surface area contributed by atoms with Crippen LogP contribution in [-0.4, -0.2) is 19.7 Å². The molecule has 0 atom stereocenters. The molecule has 0 saturated carbocycles. The van der Waals surface area contributed by atoms with Crippen LogP contribution < -0.4 is 11.2 Å². The van der Waals surface area contributed by atoms with Crippen molar-refractivity contribution in [1.82, 2.24) is 19.7 Å². The minimum atomic E-state index is -0.422. The molecule has 0 amide bonds. The zero-order valence-corrected chi connectivity index (χ0v) is 15.9. The second kappa shape index (κ2) is 6.92. The maximum Gasteiger partial charge on any atom is 0.328 e. The van der Waals surface area contributed by atoms with Gasteiger partial charge in [0.15, 0.2) is 0 Å². The van der Waals surface area contributed by atoms with Crippen molar-refractivity contribution in [2.24, 2.45) is 5.92 Å². The Balaban J connectivity index is 1.77. The lowest BCUT2D eigenvalue weighted by molar-refractivity contribution is 0.432. The molecule has 1 N–H and O–H groups in total. The molecule has 0 aliphatic rings. The van der Waals surface area contributed by atoms with Crippen molar-refractivity contribution >= 4 is 10.9 Å². The van der Waals surface area contributed by atoms with Gasteiger partial charge in [-0.25, -0.2) is 4.79 Å². The van der Waals surface area contributed by atoms with E-state index in [-0.39, 0.29) is 11.5 Å². The highest BCUT2D eigenvalue weighted by Gasteiger charge is 2.14. The summed E-state index contributed by atoms with van der Waals surface area (Å²) in [5.41, 5.74) is 2.32. The first-order chi connectivity index (χ1) is 13.4. The van der Waals surface area contributed by atoms with E-state index in [4.69, 9.17) is 4.52 Å². The first-order valence-electron chi connectivity index (χ1n) is 9.10. The van der Waals surface area contributed by atoms with Gasteiger partial charge in [-0.3, -0.25) is 9.36 Å². The van der Waals surface area contributed by atoms with Crippen molar-refractivity contribution in [3.63, 3.8) is 0 Å². The Morgan fingerprint density at radius 3 is 2.68 bits per heavy atom. The van der Waals surface area contributed by atoms with Crippen LogP contribution in [-0.2, 0) is 6.54 Å². The highest BCUT2D eigenvalue weighted by atomic mass is 16.5. The summed E-state index contributed by atoms with van der Waals surface area (Å²) in [7, 11) is 0. The van der Waals surface area contributed by atoms with Crippen LogP contribution in [0.25, 0.3) is 33.7 Å². The van der Waals surface area contributed by atoms with E-state index in [9.17, 15) is 9.59 Å². The highest BCUT2D eigenvalue weighted by Crippen LogP contribution is 2.24. The van der Waals surface area contributed by atoms with E-state index in [2.05, 4.69) is 15.1 Å². The lowest BCUT2D eigenvalue weighted by atomic mass is 10.1. The van der Waals surface area contributed by atoms with Crippen molar-refractivity contribution in [3.8, 4) is 22.8 Å². The van der Waals surface area contributed by atoms with Crippen molar-refractivity contribution in [1.29, 1.82) is 0 Å². The van der Waals surface area contributed by atoms with Crippen LogP contribution in [0.5, 0.6) is 0 Å². The monoisotopic (exact) mass is 376 g/mol. The first kappa shape index (κ1) is 17.9. The van der Waals surface area contributed by atoms with Crippen LogP contribution in [0.3, 0.4) is 0 Å². The van der Waals surface area contributed by atoms with Gasteiger partial charge in [0.2, 0.25) is 5.82 Å². The normalized spacial score (nSPS) is 11.4. The Bertz CT molecular complexity index is 1280. The van der Waals surface area contributed by atoms with Gasteiger partial charge < -0.3 is 9.51 Å². The topological polar surface area (TPSA) is 93.8 Å². The summed E-state index contributed by atoms with van der Waals surface area (Å²) in [6, 6.07) is 12.9. The molecule has 2 heterocycles. The molecular formula is C21H20N4O3. The number of nitrogens with zero attached hydrogens (tertiary/aromatic N) is 3. The summed E-state index contributed by atoms with van der Waals surface area (Å²) in [6.45, 7) is 6.28. The van der Waals surface area contributed by atoms with E-state index in [1.807, 2.05) is 45.0 Å². The van der Waals surface area contributed by atoms with Gasteiger partial charge in [-0.15, -0.1) is 0 Å². The third-order valence-corrected chi connectivity index (χ3v) is 4.48. The zero-order valence-electron chi connectivity index (χ0n) is 15.9. The Hall–Kier alpha value is -3.48. The number of fused-ring (bicyclic) bond motifs is 1. The number of aryl methyl sites for hydroxylation is 1. The number of aromatic nitrogens is 4. The number of hydrogen-bond donors (Lipinski definition) is 1. The third kappa shape index (κ3) is 3.26. The number of hydrogen-bond acceptors (Lipinski definition) is 5. The molecule has 0 radical (unpaired) electrons. The number of rotatable bonds is 4. The first-order valence-corrected chi connectivity index (χ1v) is 9.10. The van der Waals surface area contributed by atoms with Gasteiger partial charge in [-0.2, -0.15) is 4.98 Å². The van der Waals surface area contributed by atoms with Crippen molar-refractivity contribution in [2.45, 2.75) is 27.3 Å². The standard InChI is InChI=1S/C21H20N4O3/c1-12(2)11-25-20(26)16-8-7-15(10-17(16)22-21(25)27)19-23-18(24-28-19)14-6-4-5-13(3)9-14/h4-10,12H,11H2,1-3H3,(H,22,27). The molecule has 4 rings (SSSR count). The Kier molecular flexibility index (Phi) is 4.43.